The highest BCUT2D eigenvalue weighted by Crippen LogP contribution is 2.22. The van der Waals surface area contributed by atoms with Crippen molar-refractivity contribution in [3.8, 4) is 0 Å². The Hall–Kier alpha value is -0.0800. The molecule has 2 nitrogen and oxygen atoms in total. The highest BCUT2D eigenvalue weighted by Gasteiger charge is 2.32. The quantitative estimate of drug-likeness (QED) is 0.525. The first-order chi connectivity index (χ1) is 4.88. The maximum Gasteiger partial charge on any atom is 0.0247 e. The first-order valence-electron chi connectivity index (χ1n) is 4.31. The van der Waals surface area contributed by atoms with E-state index in [1.165, 1.54) is 32.4 Å². The number of piperidine rings is 1. The number of rotatable bonds is 0. The van der Waals surface area contributed by atoms with Crippen molar-refractivity contribution < 1.29 is 0 Å². The Kier molecular flexibility index (Phi) is 1.66. The van der Waals surface area contributed by atoms with Gasteiger partial charge in [-0.05, 0) is 39.4 Å². The van der Waals surface area contributed by atoms with Crippen molar-refractivity contribution in [2.75, 3.05) is 20.1 Å². The smallest absolute Gasteiger partial charge is 0.0247 e. The minimum atomic E-state index is 0.818. The van der Waals surface area contributed by atoms with Crippen LogP contribution in [-0.4, -0.2) is 37.1 Å². The third-order valence-corrected chi connectivity index (χ3v) is 2.91. The molecule has 2 saturated heterocycles. The van der Waals surface area contributed by atoms with Gasteiger partial charge in [0.2, 0.25) is 0 Å². The van der Waals surface area contributed by atoms with Gasteiger partial charge >= 0.3 is 0 Å². The number of fused-ring (bicyclic) bond motifs is 1. The Morgan fingerprint density at radius 2 is 2.30 bits per heavy atom. The van der Waals surface area contributed by atoms with Crippen LogP contribution in [0, 0.1) is 0 Å². The van der Waals surface area contributed by atoms with Crippen molar-refractivity contribution in [2.24, 2.45) is 0 Å². The highest BCUT2D eigenvalue weighted by molar-refractivity contribution is 4.92. The Balaban J connectivity index is 2.01. The largest absolute Gasteiger partial charge is 0.312 e. The third-order valence-electron chi connectivity index (χ3n) is 2.91. The topological polar surface area (TPSA) is 15.3 Å². The zero-order valence-corrected chi connectivity index (χ0v) is 6.64. The lowest BCUT2D eigenvalue weighted by atomic mass is 10.00. The van der Waals surface area contributed by atoms with Crippen LogP contribution in [0.3, 0.4) is 0 Å². The second-order valence-corrected chi connectivity index (χ2v) is 3.54. The predicted octanol–water partition coefficient (Wildman–Crippen LogP) is 0.442. The van der Waals surface area contributed by atoms with E-state index in [0.717, 1.165) is 12.1 Å². The van der Waals surface area contributed by atoms with Crippen molar-refractivity contribution in [2.45, 2.75) is 31.3 Å². The monoisotopic (exact) mass is 140 g/mol. The molecule has 0 aliphatic carbocycles. The van der Waals surface area contributed by atoms with Crippen LogP contribution in [0.15, 0.2) is 0 Å². The number of hydrogen-bond donors (Lipinski definition) is 1. The average Bonchev–Trinajstić information content (AvgIpc) is 2.34. The summed E-state index contributed by atoms with van der Waals surface area (Å²) in [5.74, 6) is 0. The lowest BCUT2D eigenvalue weighted by Gasteiger charge is -2.30. The predicted molar refractivity (Wildman–Crippen MR) is 42.1 cm³/mol. The molecular weight excluding hydrogens is 124 g/mol. The van der Waals surface area contributed by atoms with Gasteiger partial charge < -0.3 is 10.2 Å². The lowest BCUT2D eigenvalue weighted by molar-refractivity contribution is 0.238. The zero-order valence-electron chi connectivity index (χ0n) is 6.64. The van der Waals surface area contributed by atoms with E-state index in [-0.39, 0.29) is 0 Å². The fraction of sp³-hybridized carbons (Fsp3) is 1.00. The summed E-state index contributed by atoms with van der Waals surface area (Å²) in [4.78, 5) is 2.50. The van der Waals surface area contributed by atoms with Gasteiger partial charge in [0, 0.05) is 12.1 Å². The number of nitrogens with zero attached hydrogens (tertiary/aromatic N) is 1. The van der Waals surface area contributed by atoms with E-state index in [9.17, 15) is 0 Å². The van der Waals surface area contributed by atoms with E-state index in [2.05, 4.69) is 17.3 Å². The standard InChI is InChI=1S/C8H16N2/c1-10-6-4-7-8(10)3-2-5-9-7/h7-9H,2-6H2,1H3/t7-,8-/m1/s1. The summed E-state index contributed by atoms with van der Waals surface area (Å²) >= 11 is 0. The molecule has 2 heterocycles. The molecule has 0 aromatic carbocycles. The van der Waals surface area contributed by atoms with Gasteiger partial charge in [0.15, 0.2) is 0 Å². The lowest BCUT2D eigenvalue weighted by Crippen LogP contribution is -2.45. The fourth-order valence-electron chi connectivity index (χ4n) is 2.27. The van der Waals surface area contributed by atoms with Gasteiger partial charge in [0.05, 0.1) is 0 Å². The molecule has 0 saturated carbocycles. The van der Waals surface area contributed by atoms with Gasteiger partial charge in [-0.3, -0.25) is 0 Å². The van der Waals surface area contributed by atoms with Crippen LogP contribution < -0.4 is 5.32 Å². The minimum absolute atomic E-state index is 0.818. The molecule has 2 fully saturated rings. The molecule has 0 amide bonds. The molecule has 2 aliphatic heterocycles. The van der Waals surface area contributed by atoms with Gasteiger partial charge in [-0.15, -0.1) is 0 Å². The SMILES string of the molecule is CN1CC[C@H]2NCCC[C@H]21. The Morgan fingerprint density at radius 3 is 3.10 bits per heavy atom. The maximum absolute atomic E-state index is 3.57. The Bertz CT molecular complexity index is 122. The fourth-order valence-corrected chi connectivity index (χ4v) is 2.27. The highest BCUT2D eigenvalue weighted by atomic mass is 15.2. The summed E-state index contributed by atoms with van der Waals surface area (Å²) in [6.07, 6.45) is 4.14. The van der Waals surface area contributed by atoms with Crippen LogP contribution >= 0.6 is 0 Å². The van der Waals surface area contributed by atoms with E-state index < -0.39 is 0 Å². The van der Waals surface area contributed by atoms with E-state index >= 15 is 0 Å². The van der Waals surface area contributed by atoms with E-state index in [0.29, 0.717) is 0 Å². The van der Waals surface area contributed by atoms with Gasteiger partial charge in [0.1, 0.15) is 0 Å². The van der Waals surface area contributed by atoms with E-state index in [1.807, 2.05) is 0 Å². The Labute approximate surface area is 62.6 Å². The molecule has 0 radical (unpaired) electrons. The molecule has 0 unspecified atom stereocenters. The molecule has 0 aromatic rings. The number of nitrogens with one attached hydrogen (secondary N) is 1. The van der Waals surface area contributed by atoms with Crippen molar-refractivity contribution in [3.05, 3.63) is 0 Å². The van der Waals surface area contributed by atoms with E-state index in [1.54, 1.807) is 0 Å². The summed E-state index contributed by atoms with van der Waals surface area (Å²) < 4.78 is 0. The van der Waals surface area contributed by atoms with Crippen LogP contribution in [0.1, 0.15) is 19.3 Å². The molecule has 0 aromatic heterocycles. The van der Waals surface area contributed by atoms with Crippen molar-refractivity contribution in [1.82, 2.24) is 10.2 Å². The van der Waals surface area contributed by atoms with Gasteiger partial charge in [-0.1, -0.05) is 0 Å². The maximum atomic E-state index is 3.57. The van der Waals surface area contributed by atoms with Gasteiger partial charge in [0.25, 0.3) is 0 Å². The number of likely N-dealkylation sites (N-methyl/N-ethyl adjacent to an activating group) is 1. The zero-order chi connectivity index (χ0) is 6.97. The van der Waals surface area contributed by atoms with Crippen molar-refractivity contribution in [1.29, 1.82) is 0 Å². The average molecular weight is 140 g/mol. The normalized spacial score (nSPS) is 41.7. The summed E-state index contributed by atoms with van der Waals surface area (Å²) in [6.45, 7) is 2.54. The van der Waals surface area contributed by atoms with Gasteiger partial charge in [-0.25, -0.2) is 0 Å². The second kappa shape index (κ2) is 2.51. The molecule has 0 bridgehead atoms. The van der Waals surface area contributed by atoms with Crippen molar-refractivity contribution >= 4 is 0 Å². The number of likely N-dealkylation sites (tertiary alicyclic amines) is 1. The summed E-state index contributed by atoms with van der Waals surface area (Å²) in [7, 11) is 2.25. The summed E-state index contributed by atoms with van der Waals surface area (Å²) in [5, 5.41) is 3.57. The number of hydrogen-bond acceptors (Lipinski definition) is 2. The van der Waals surface area contributed by atoms with Crippen LogP contribution in [0.2, 0.25) is 0 Å². The third kappa shape index (κ3) is 0.956. The molecular formula is C8H16N2. The van der Waals surface area contributed by atoms with Crippen LogP contribution in [0.25, 0.3) is 0 Å². The Morgan fingerprint density at radius 1 is 1.40 bits per heavy atom. The first kappa shape index (κ1) is 6.62. The first-order valence-corrected chi connectivity index (χ1v) is 4.31. The molecule has 1 N–H and O–H groups in total. The second-order valence-electron chi connectivity index (χ2n) is 3.54. The molecule has 2 heteroatoms. The summed E-state index contributed by atoms with van der Waals surface area (Å²) in [5.41, 5.74) is 0. The van der Waals surface area contributed by atoms with Crippen molar-refractivity contribution in [3.63, 3.8) is 0 Å². The van der Waals surface area contributed by atoms with Gasteiger partial charge in [-0.2, -0.15) is 0 Å². The van der Waals surface area contributed by atoms with E-state index in [4.69, 9.17) is 0 Å². The molecule has 2 rings (SSSR count). The molecule has 10 heavy (non-hydrogen) atoms. The summed E-state index contributed by atoms with van der Waals surface area (Å²) in [6, 6.07) is 1.67. The molecule has 2 aliphatic rings. The van der Waals surface area contributed by atoms with Crippen LogP contribution in [0.4, 0.5) is 0 Å². The van der Waals surface area contributed by atoms with Crippen LogP contribution in [0.5, 0.6) is 0 Å². The minimum Gasteiger partial charge on any atom is -0.312 e. The molecule has 0 spiro atoms. The van der Waals surface area contributed by atoms with Crippen LogP contribution in [-0.2, 0) is 0 Å². The molecule has 2 atom stereocenters. The molecule has 58 valence electrons.